The molecule has 4 rings (SSSR count). The zero-order chi connectivity index (χ0) is 18.8. The van der Waals surface area contributed by atoms with E-state index in [1.807, 2.05) is 35.2 Å². The number of hydrogen-bond donors (Lipinski definition) is 1. The minimum Gasteiger partial charge on any atom is -0.497 e. The van der Waals surface area contributed by atoms with Gasteiger partial charge in [-0.25, -0.2) is 0 Å². The van der Waals surface area contributed by atoms with Gasteiger partial charge in [-0.05, 0) is 54.2 Å². The summed E-state index contributed by atoms with van der Waals surface area (Å²) in [5.74, 6) is 1.48. The third-order valence-electron chi connectivity index (χ3n) is 5.51. The van der Waals surface area contributed by atoms with E-state index < -0.39 is 0 Å². The third kappa shape index (κ3) is 3.67. The number of rotatable bonds is 4. The predicted molar refractivity (Wildman–Crippen MR) is 109 cm³/mol. The molecule has 0 atom stereocenters. The summed E-state index contributed by atoms with van der Waals surface area (Å²) >= 11 is 6.19. The third-order valence-corrected chi connectivity index (χ3v) is 5.88. The molecule has 1 saturated heterocycles. The van der Waals surface area contributed by atoms with Crippen LogP contribution in [0.3, 0.4) is 0 Å². The van der Waals surface area contributed by atoms with E-state index in [0.717, 1.165) is 42.8 Å². The molecule has 2 aromatic carbocycles. The maximum absolute atomic E-state index is 12.7. The average Bonchev–Trinajstić information content (AvgIpc) is 3.13. The second-order valence-electron chi connectivity index (χ2n) is 7.08. The van der Waals surface area contributed by atoms with Gasteiger partial charge in [0.25, 0.3) is 0 Å². The fraction of sp³-hybridized carbons (Fsp3) is 0.318. The van der Waals surface area contributed by atoms with Crippen LogP contribution in [0.1, 0.15) is 29.9 Å². The number of ether oxygens (including phenoxy) is 1. The van der Waals surface area contributed by atoms with Gasteiger partial charge in [-0.2, -0.15) is 0 Å². The van der Waals surface area contributed by atoms with Crippen LogP contribution in [0.4, 0.5) is 0 Å². The number of aromatic amines is 1. The van der Waals surface area contributed by atoms with Gasteiger partial charge in [-0.3, -0.25) is 4.79 Å². The Balaban J connectivity index is 1.43. The lowest BCUT2D eigenvalue weighted by molar-refractivity contribution is -0.131. The van der Waals surface area contributed by atoms with Crippen LogP contribution in [0.15, 0.2) is 48.7 Å². The van der Waals surface area contributed by atoms with E-state index in [9.17, 15) is 4.79 Å². The molecule has 1 aliphatic rings. The van der Waals surface area contributed by atoms with Crippen LogP contribution in [-0.2, 0) is 11.2 Å². The van der Waals surface area contributed by atoms with Crippen LogP contribution in [0, 0.1) is 0 Å². The highest BCUT2D eigenvalue weighted by molar-refractivity contribution is 6.31. The Labute approximate surface area is 164 Å². The van der Waals surface area contributed by atoms with E-state index in [2.05, 4.69) is 23.3 Å². The molecule has 1 fully saturated rings. The molecular weight excluding hydrogens is 360 g/mol. The van der Waals surface area contributed by atoms with Gasteiger partial charge in [-0.1, -0.05) is 29.8 Å². The number of hydrogen-bond acceptors (Lipinski definition) is 2. The molecule has 1 aromatic heterocycles. The predicted octanol–water partition coefficient (Wildman–Crippen LogP) is 4.78. The Bertz CT molecular complexity index is 958. The number of benzene rings is 2. The van der Waals surface area contributed by atoms with Crippen molar-refractivity contribution in [3.05, 3.63) is 64.8 Å². The lowest BCUT2D eigenvalue weighted by atomic mass is 9.89. The van der Waals surface area contributed by atoms with Gasteiger partial charge >= 0.3 is 0 Å². The van der Waals surface area contributed by atoms with Gasteiger partial charge in [0.2, 0.25) is 5.91 Å². The van der Waals surface area contributed by atoms with Crippen LogP contribution in [0.5, 0.6) is 5.75 Å². The van der Waals surface area contributed by atoms with Crippen molar-refractivity contribution in [3.63, 3.8) is 0 Å². The summed E-state index contributed by atoms with van der Waals surface area (Å²) in [4.78, 5) is 18.0. The van der Waals surface area contributed by atoms with Crippen LogP contribution in [-0.4, -0.2) is 36.0 Å². The zero-order valence-electron chi connectivity index (χ0n) is 15.4. The second-order valence-corrected chi connectivity index (χ2v) is 7.49. The zero-order valence-corrected chi connectivity index (χ0v) is 16.1. The number of methoxy groups -OCH3 is 1. The number of aromatic nitrogens is 1. The van der Waals surface area contributed by atoms with Gasteiger partial charge in [0.1, 0.15) is 5.75 Å². The Morgan fingerprint density at radius 3 is 2.74 bits per heavy atom. The number of carbonyl (C=O) groups is 1. The van der Waals surface area contributed by atoms with Gasteiger partial charge in [-0.15, -0.1) is 0 Å². The van der Waals surface area contributed by atoms with Crippen molar-refractivity contribution in [3.8, 4) is 5.75 Å². The topological polar surface area (TPSA) is 45.3 Å². The number of nitrogens with one attached hydrogen (secondary N) is 1. The van der Waals surface area contributed by atoms with E-state index in [0.29, 0.717) is 17.4 Å². The molecule has 3 aromatic rings. The first kappa shape index (κ1) is 17.9. The summed E-state index contributed by atoms with van der Waals surface area (Å²) in [7, 11) is 1.69. The normalized spacial score (nSPS) is 15.3. The highest BCUT2D eigenvalue weighted by Gasteiger charge is 2.25. The quantitative estimate of drug-likeness (QED) is 0.705. The van der Waals surface area contributed by atoms with E-state index in [4.69, 9.17) is 16.3 Å². The number of fused-ring (bicyclic) bond motifs is 1. The smallest absolute Gasteiger partial charge is 0.227 e. The lowest BCUT2D eigenvalue weighted by Gasteiger charge is -2.32. The van der Waals surface area contributed by atoms with E-state index in [-0.39, 0.29) is 5.91 Å². The number of likely N-dealkylation sites (tertiary alicyclic amines) is 1. The van der Waals surface area contributed by atoms with Crippen molar-refractivity contribution in [2.45, 2.75) is 25.2 Å². The van der Waals surface area contributed by atoms with Crippen LogP contribution < -0.4 is 4.74 Å². The van der Waals surface area contributed by atoms with Gasteiger partial charge < -0.3 is 14.6 Å². The minimum atomic E-state index is 0.155. The number of nitrogens with zero attached hydrogens (tertiary/aromatic N) is 1. The first-order valence-electron chi connectivity index (χ1n) is 9.32. The maximum Gasteiger partial charge on any atom is 0.227 e. The molecular formula is C22H23ClN2O2. The highest BCUT2D eigenvalue weighted by atomic mass is 35.5. The monoisotopic (exact) mass is 382 g/mol. The standard InChI is InChI=1S/C22H23ClN2O2/c1-27-17-6-7-21-18(13-17)19(14-24-21)15-8-10-25(11-9-15)22(26)12-16-4-2-3-5-20(16)23/h2-7,13-15,24H,8-12H2,1H3. The molecule has 1 aliphatic heterocycles. The Kier molecular flexibility index (Phi) is 5.08. The molecule has 140 valence electrons. The average molecular weight is 383 g/mol. The van der Waals surface area contributed by atoms with Gasteiger partial charge in [0.05, 0.1) is 13.5 Å². The summed E-state index contributed by atoms with van der Waals surface area (Å²) < 4.78 is 5.37. The molecule has 1 N–H and O–H groups in total. The van der Waals surface area contributed by atoms with E-state index in [1.54, 1.807) is 7.11 Å². The summed E-state index contributed by atoms with van der Waals surface area (Å²) in [6.07, 6.45) is 4.42. The number of amides is 1. The Morgan fingerprint density at radius 2 is 2.00 bits per heavy atom. The van der Waals surface area contributed by atoms with Crippen LogP contribution >= 0.6 is 11.6 Å². The maximum atomic E-state index is 12.7. The van der Waals surface area contributed by atoms with Crippen molar-refractivity contribution in [1.29, 1.82) is 0 Å². The Hall–Kier alpha value is -2.46. The van der Waals surface area contributed by atoms with E-state index >= 15 is 0 Å². The van der Waals surface area contributed by atoms with Crippen LogP contribution in [0.25, 0.3) is 10.9 Å². The fourth-order valence-electron chi connectivity index (χ4n) is 3.94. The molecule has 5 heteroatoms. The first-order chi connectivity index (χ1) is 13.2. The van der Waals surface area contributed by atoms with Crippen molar-refractivity contribution in [2.75, 3.05) is 20.2 Å². The molecule has 0 bridgehead atoms. The van der Waals surface area contributed by atoms with Crippen LogP contribution in [0.2, 0.25) is 5.02 Å². The molecule has 0 radical (unpaired) electrons. The SMILES string of the molecule is COc1ccc2[nH]cc(C3CCN(C(=O)Cc4ccccc4Cl)CC3)c2c1. The molecule has 0 unspecified atom stereocenters. The molecule has 4 nitrogen and oxygen atoms in total. The van der Waals surface area contributed by atoms with Crippen molar-refractivity contribution in [2.24, 2.45) is 0 Å². The summed E-state index contributed by atoms with van der Waals surface area (Å²) in [5.41, 5.74) is 3.35. The number of carbonyl (C=O) groups excluding carboxylic acids is 1. The highest BCUT2D eigenvalue weighted by Crippen LogP contribution is 2.34. The Morgan fingerprint density at radius 1 is 1.22 bits per heavy atom. The van der Waals surface area contributed by atoms with Gasteiger partial charge in [0, 0.05) is 35.2 Å². The summed E-state index contributed by atoms with van der Waals surface area (Å²) in [6.45, 7) is 1.56. The molecule has 0 spiro atoms. The van der Waals surface area contributed by atoms with Gasteiger partial charge in [0.15, 0.2) is 0 Å². The number of piperidine rings is 1. The van der Waals surface area contributed by atoms with Crippen molar-refractivity contribution < 1.29 is 9.53 Å². The molecule has 1 amide bonds. The minimum absolute atomic E-state index is 0.155. The fourth-order valence-corrected chi connectivity index (χ4v) is 4.14. The molecule has 2 heterocycles. The second kappa shape index (κ2) is 7.65. The summed E-state index contributed by atoms with van der Waals surface area (Å²) in [5, 5.41) is 1.88. The molecule has 27 heavy (non-hydrogen) atoms. The molecule has 0 saturated carbocycles. The first-order valence-corrected chi connectivity index (χ1v) is 9.69. The molecule has 0 aliphatic carbocycles. The summed E-state index contributed by atoms with van der Waals surface area (Å²) in [6, 6.07) is 13.7. The largest absolute Gasteiger partial charge is 0.497 e. The van der Waals surface area contributed by atoms with Crippen molar-refractivity contribution >= 4 is 28.4 Å². The van der Waals surface area contributed by atoms with Crippen molar-refractivity contribution in [1.82, 2.24) is 9.88 Å². The lowest BCUT2D eigenvalue weighted by Crippen LogP contribution is -2.38. The number of H-pyrrole nitrogens is 1. The van der Waals surface area contributed by atoms with E-state index in [1.165, 1.54) is 10.9 Å². The number of halogens is 1.